The van der Waals surface area contributed by atoms with Crippen molar-refractivity contribution in [2.75, 3.05) is 33.4 Å². The van der Waals surface area contributed by atoms with Gasteiger partial charge in [-0.1, -0.05) is 6.42 Å². The lowest BCUT2D eigenvalue weighted by Crippen LogP contribution is -2.43. The molecule has 2 unspecified atom stereocenters. The molecule has 0 radical (unpaired) electrons. The van der Waals surface area contributed by atoms with Gasteiger partial charge < -0.3 is 20.1 Å². The maximum atomic E-state index is 11.7. The third kappa shape index (κ3) is 6.34. The second kappa shape index (κ2) is 9.72. The number of hydrogen-bond donors (Lipinski definition) is 2. The summed E-state index contributed by atoms with van der Waals surface area (Å²) in [6.45, 7) is 3.56. The molecule has 1 amide bonds. The molecular weight excluding hydrogens is 260 g/mol. The third-order valence-corrected chi connectivity index (χ3v) is 3.47. The number of rotatable bonds is 8. The van der Waals surface area contributed by atoms with E-state index < -0.39 is 0 Å². The Morgan fingerprint density at radius 1 is 1.30 bits per heavy atom. The minimum absolute atomic E-state index is 0.0299. The van der Waals surface area contributed by atoms with Crippen LogP contribution in [0, 0.1) is 5.92 Å². The molecule has 0 bridgehead atoms. The zero-order chi connectivity index (χ0) is 14.8. The van der Waals surface area contributed by atoms with Crippen molar-refractivity contribution in [2.24, 2.45) is 5.92 Å². The molecule has 1 rings (SSSR count). The molecule has 6 nitrogen and oxygen atoms in total. The molecule has 1 aliphatic carbocycles. The fourth-order valence-electron chi connectivity index (χ4n) is 2.44. The Kier molecular flexibility index (Phi) is 8.22. The Bertz CT molecular complexity index is 310. The van der Waals surface area contributed by atoms with Crippen molar-refractivity contribution in [3.8, 4) is 0 Å². The summed E-state index contributed by atoms with van der Waals surface area (Å²) in [5.74, 6) is -0.179. The lowest BCUT2D eigenvalue weighted by Gasteiger charge is -2.28. The quantitative estimate of drug-likeness (QED) is 0.501. The smallest absolute Gasteiger partial charge is 0.308 e. The zero-order valence-electron chi connectivity index (χ0n) is 12.4. The summed E-state index contributed by atoms with van der Waals surface area (Å²) in [7, 11) is 1.60. The number of ether oxygens (including phenoxy) is 2. The maximum Gasteiger partial charge on any atom is 0.308 e. The van der Waals surface area contributed by atoms with Gasteiger partial charge in [-0.2, -0.15) is 0 Å². The second-order valence-corrected chi connectivity index (χ2v) is 5.04. The van der Waals surface area contributed by atoms with Crippen LogP contribution >= 0.6 is 0 Å². The van der Waals surface area contributed by atoms with Gasteiger partial charge in [0.05, 0.1) is 25.7 Å². The van der Waals surface area contributed by atoms with E-state index in [1.807, 2.05) is 6.92 Å². The highest BCUT2D eigenvalue weighted by molar-refractivity contribution is 5.78. The van der Waals surface area contributed by atoms with Crippen molar-refractivity contribution < 1.29 is 19.1 Å². The first-order chi connectivity index (χ1) is 9.67. The van der Waals surface area contributed by atoms with E-state index in [1.54, 1.807) is 7.11 Å². The Hall–Kier alpha value is -1.14. The highest BCUT2D eigenvalue weighted by Crippen LogP contribution is 2.25. The predicted octanol–water partition coefficient (Wildman–Crippen LogP) is 0.461. The Morgan fingerprint density at radius 2 is 2.10 bits per heavy atom. The summed E-state index contributed by atoms with van der Waals surface area (Å²) in [4.78, 5) is 23.3. The number of amides is 1. The van der Waals surface area contributed by atoms with Gasteiger partial charge in [0.1, 0.15) is 0 Å². The molecule has 0 spiro atoms. The van der Waals surface area contributed by atoms with Crippen molar-refractivity contribution >= 4 is 11.9 Å². The minimum atomic E-state index is -0.108. The second-order valence-electron chi connectivity index (χ2n) is 5.04. The van der Waals surface area contributed by atoms with Crippen LogP contribution in [0.25, 0.3) is 0 Å². The first kappa shape index (κ1) is 16.9. The van der Waals surface area contributed by atoms with Gasteiger partial charge in [-0.05, 0) is 26.2 Å². The topological polar surface area (TPSA) is 76.7 Å². The van der Waals surface area contributed by atoms with Gasteiger partial charge in [0.2, 0.25) is 5.91 Å². The van der Waals surface area contributed by atoms with Crippen molar-refractivity contribution in [1.29, 1.82) is 0 Å². The molecule has 0 aromatic rings. The summed E-state index contributed by atoms with van der Waals surface area (Å²) < 4.78 is 9.92. The van der Waals surface area contributed by atoms with E-state index in [0.29, 0.717) is 19.8 Å². The van der Waals surface area contributed by atoms with Gasteiger partial charge in [-0.3, -0.25) is 9.59 Å². The van der Waals surface area contributed by atoms with E-state index >= 15 is 0 Å². The molecular formula is C14H26N2O4. The number of methoxy groups -OCH3 is 1. The van der Waals surface area contributed by atoms with E-state index in [9.17, 15) is 9.59 Å². The highest BCUT2D eigenvalue weighted by Gasteiger charge is 2.28. The van der Waals surface area contributed by atoms with E-state index in [-0.39, 0.29) is 30.4 Å². The third-order valence-electron chi connectivity index (χ3n) is 3.47. The van der Waals surface area contributed by atoms with E-state index in [4.69, 9.17) is 9.47 Å². The van der Waals surface area contributed by atoms with Gasteiger partial charge in [-0.15, -0.1) is 0 Å². The summed E-state index contributed by atoms with van der Waals surface area (Å²) in [6, 6.07) is 0.214. The van der Waals surface area contributed by atoms with Gasteiger partial charge >= 0.3 is 5.97 Å². The fraction of sp³-hybridized carbons (Fsp3) is 0.857. The molecule has 0 aliphatic heterocycles. The molecule has 0 aromatic heterocycles. The van der Waals surface area contributed by atoms with Crippen molar-refractivity contribution in [3.05, 3.63) is 0 Å². The monoisotopic (exact) mass is 286 g/mol. The van der Waals surface area contributed by atoms with Gasteiger partial charge in [0.15, 0.2) is 0 Å². The van der Waals surface area contributed by atoms with Crippen LogP contribution in [0.15, 0.2) is 0 Å². The number of esters is 1. The summed E-state index contributed by atoms with van der Waals surface area (Å²) in [5.41, 5.74) is 0. The molecule has 0 aromatic carbocycles. The standard InChI is InChI=1S/C14H26N2O4/c1-3-20-14(18)11-5-4-6-12(9-11)16-10-13(17)15-7-8-19-2/h11-12,16H,3-10H2,1-2H3,(H,15,17). The molecule has 20 heavy (non-hydrogen) atoms. The lowest BCUT2D eigenvalue weighted by atomic mass is 9.86. The molecule has 1 saturated carbocycles. The molecule has 1 aliphatic rings. The van der Waals surface area contributed by atoms with E-state index in [0.717, 1.165) is 25.7 Å². The maximum absolute atomic E-state index is 11.7. The Balaban J connectivity index is 2.23. The molecule has 1 fully saturated rings. The highest BCUT2D eigenvalue weighted by atomic mass is 16.5. The van der Waals surface area contributed by atoms with Crippen molar-refractivity contribution in [1.82, 2.24) is 10.6 Å². The molecule has 2 atom stereocenters. The van der Waals surface area contributed by atoms with Crippen LogP contribution in [-0.4, -0.2) is 51.3 Å². The van der Waals surface area contributed by atoms with Gasteiger partial charge in [0.25, 0.3) is 0 Å². The average Bonchev–Trinajstić information content (AvgIpc) is 2.46. The first-order valence-corrected chi connectivity index (χ1v) is 7.33. The van der Waals surface area contributed by atoms with Gasteiger partial charge in [0, 0.05) is 19.7 Å². The average molecular weight is 286 g/mol. The van der Waals surface area contributed by atoms with Crippen molar-refractivity contribution in [2.45, 2.75) is 38.6 Å². The van der Waals surface area contributed by atoms with Gasteiger partial charge in [-0.25, -0.2) is 0 Å². The first-order valence-electron chi connectivity index (χ1n) is 7.33. The SMILES string of the molecule is CCOC(=O)C1CCCC(NCC(=O)NCCOC)C1. The summed E-state index contributed by atoms with van der Waals surface area (Å²) in [6.07, 6.45) is 3.63. The zero-order valence-corrected chi connectivity index (χ0v) is 12.4. The summed E-state index contributed by atoms with van der Waals surface area (Å²) >= 11 is 0. The minimum Gasteiger partial charge on any atom is -0.466 e. The van der Waals surface area contributed by atoms with Crippen LogP contribution in [0.3, 0.4) is 0 Å². The van der Waals surface area contributed by atoms with Crippen molar-refractivity contribution in [3.63, 3.8) is 0 Å². The number of nitrogens with one attached hydrogen (secondary N) is 2. The van der Waals surface area contributed by atoms with Crippen LogP contribution in [-0.2, 0) is 19.1 Å². The van der Waals surface area contributed by atoms with Crippen LogP contribution < -0.4 is 10.6 Å². The fourth-order valence-corrected chi connectivity index (χ4v) is 2.44. The van der Waals surface area contributed by atoms with Crippen LogP contribution in [0.1, 0.15) is 32.6 Å². The van der Waals surface area contributed by atoms with Crippen LogP contribution in [0.4, 0.5) is 0 Å². The lowest BCUT2D eigenvalue weighted by molar-refractivity contribution is -0.149. The van der Waals surface area contributed by atoms with E-state index in [2.05, 4.69) is 10.6 Å². The Morgan fingerprint density at radius 3 is 2.80 bits per heavy atom. The molecule has 116 valence electrons. The Labute approximate surface area is 120 Å². The molecule has 0 saturated heterocycles. The van der Waals surface area contributed by atoms with Crippen LogP contribution in [0.5, 0.6) is 0 Å². The number of carbonyl (C=O) groups excluding carboxylic acids is 2. The predicted molar refractivity (Wildman–Crippen MR) is 75.3 cm³/mol. The molecule has 6 heteroatoms. The molecule has 2 N–H and O–H groups in total. The largest absolute Gasteiger partial charge is 0.466 e. The van der Waals surface area contributed by atoms with E-state index in [1.165, 1.54) is 0 Å². The number of carbonyl (C=O) groups is 2. The molecule has 0 heterocycles. The normalized spacial score (nSPS) is 22.3. The summed E-state index contributed by atoms with van der Waals surface area (Å²) in [5, 5.41) is 5.97. The van der Waals surface area contributed by atoms with Crippen LogP contribution in [0.2, 0.25) is 0 Å². The number of hydrogen-bond acceptors (Lipinski definition) is 5.